The van der Waals surface area contributed by atoms with E-state index in [0.717, 1.165) is 5.56 Å². The van der Waals surface area contributed by atoms with E-state index in [2.05, 4.69) is 16.9 Å². The van der Waals surface area contributed by atoms with Crippen LogP contribution in [0.5, 0.6) is 0 Å². The maximum absolute atomic E-state index is 13.7. The third-order valence-electron chi connectivity index (χ3n) is 4.31. The lowest BCUT2D eigenvalue weighted by atomic mass is 10.2. The van der Waals surface area contributed by atoms with E-state index in [1.54, 1.807) is 24.3 Å². The van der Waals surface area contributed by atoms with E-state index in [1.165, 1.54) is 34.9 Å². The molecule has 3 rings (SSSR count). The minimum atomic E-state index is -0.653. The predicted molar refractivity (Wildman–Crippen MR) is 116 cm³/mol. The lowest BCUT2D eigenvalue weighted by Gasteiger charge is -2.14. The molecule has 1 saturated heterocycles. The SMILES string of the molecule is C=CCN1C(=O)[C@@H](CC(=O)Nc2ccccc2F)SC1=Nc1cccc(Cl)c1C. The van der Waals surface area contributed by atoms with Gasteiger partial charge in [-0.25, -0.2) is 9.38 Å². The summed E-state index contributed by atoms with van der Waals surface area (Å²) in [6, 6.07) is 11.2. The van der Waals surface area contributed by atoms with Gasteiger partial charge in [0.05, 0.1) is 11.4 Å². The maximum Gasteiger partial charge on any atom is 0.242 e. The molecule has 1 aliphatic heterocycles. The van der Waals surface area contributed by atoms with Crippen LogP contribution in [0.2, 0.25) is 5.02 Å². The number of nitrogens with zero attached hydrogens (tertiary/aromatic N) is 2. The molecule has 1 heterocycles. The van der Waals surface area contributed by atoms with E-state index < -0.39 is 17.0 Å². The molecule has 0 spiro atoms. The molecular weight excluding hydrogens is 413 g/mol. The van der Waals surface area contributed by atoms with Crippen molar-refractivity contribution < 1.29 is 14.0 Å². The molecule has 2 aromatic carbocycles. The number of carbonyl (C=O) groups excluding carboxylic acids is 2. The van der Waals surface area contributed by atoms with Crippen molar-refractivity contribution >= 4 is 51.7 Å². The number of hydrogen-bond acceptors (Lipinski definition) is 4. The predicted octanol–water partition coefficient (Wildman–Crippen LogP) is 4.93. The average Bonchev–Trinajstić information content (AvgIpc) is 2.96. The zero-order valence-corrected chi connectivity index (χ0v) is 17.3. The summed E-state index contributed by atoms with van der Waals surface area (Å²) >= 11 is 7.36. The highest BCUT2D eigenvalue weighted by atomic mass is 35.5. The minimum Gasteiger partial charge on any atom is -0.324 e. The van der Waals surface area contributed by atoms with Gasteiger partial charge in [0, 0.05) is 18.0 Å². The summed E-state index contributed by atoms with van der Waals surface area (Å²) in [6.45, 7) is 5.80. The van der Waals surface area contributed by atoms with Gasteiger partial charge in [0.25, 0.3) is 0 Å². The number of rotatable bonds is 6. The van der Waals surface area contributed by atoms with Crippen LogP contribution in [-0.2, 0) is 9.59 Å². The standard InChI is InChI=1S/C21H19ClFN3O2S/c1-3-11-26-20(28)18(12-19(27)24-17-9-5-4-8-15(17)23)29-21(26)25-16-10-6-7-14(22)13(16)2/h3-10,18H,1,11-12H2,2H3,(H,24,27)/t18-/m1/s1. The number of amides is 2. The Kier molecular flexibility index (Phi) is 6.71. The van der Waals surface area contributed by atoms with Gasteiger partial charge >= 0.3 is 0 Å². The fourth-order valence-corrected chi connectivity index (χ4v) is 4.10. The number of carbonyl (C=O) groups is 2. The van der Waals surface area contributed by atoms with E-state index >= 15 is 0 Å². The summed E-state index contributed by atoms with van der Waals surface area (Å²) in [6.07, 6.45) is 1.50. The third kappa shape index (κ3) is 4.86. The number of thioether (sulfide) groups is 1. The molecule has 1 fully saturated rings. The van der Waals surface area contributed by atoms with Gasteiger partial charge in [-0.05, 0) is 36.8 Å². The van der Waals surface area contributed by atoms with Gasteiger partial charge in [-0.15, -0.1) is 6.58 Å². The minimum absolute atomic E-state index is 0.0827. The number of amidine groups is 1. The number of benzene rings is 2. The Balaban J connectivity index is 1.79. The van der Waals surface area contributed by atoms with E-state index in [9.17, 15) is 14.0 Å². The van der Waals surface area contributed by atoms with E-state index in [-0.39, 0.29) is 24.6 Å². The highest BCUT2D eigenvalue weighted by Gasteiger charge is 2.38. The summed E-state index contributed by atoms with van der Waals surface area (Å²) in [5.74, 6) is -1.21. The Bertz CT molecular complexity index is 996. The second-order valence-electron chi connectivity index (χ2n) is 6.35. The van der Waals surface area contributed by atoms with Crippen LogP contribution in [0.25, 0.3) is 0 Å². The van der Waals surface area contributed by atoms with Gasteiger partial charge in [0.1, 0.15) is 11.1 Å². The quantitative estimate of drug-likeness (QED) is 0.659. The monoisotopic (exact) mass is 431 g/mol. The van der Waals surface area contributed by atoms with Gasteiger partial charge < -0.3 is 5.32 Å². The zero-order chi connectivity index (χ0) is 21.0. The molecule has 8 heteroatoms. The molecule has 0 bridgehead atoms. The molecule has 1 atom stereocenters. The largest absolute Gasteiger partial charge is 0.324 e. The van der Waals surface area contributed by atoms with Crippen LogP contribution in [-0.4, -0.2) is 33.7 Å². The molecular formula is C21H19ClFN3O2S. The molecule has 2 amide bonds. The topological polar surface area (TPSA) is 61.8 Å². The molecule has 2 aromatic rings. The first-order chi connectivity index (χ1) is 13.9. The number of anilines is 1. The van der Waals surface area contributed by atoms with Crippen LogP contribution in [0.15, 0.2) is 60.1 Å². The number of halogens is 2. The van der Waals surface area contributed by atoms with Gasteiger partial charge in [-0.2, -0.15) is 0 Å². The summed E-state index contributed by atoms with van der Waals surface area (Å²) < 4.78 is 13.7. The first-order valence-electron chi connectivity index (χ1n) is 8.88. The van der Waals surface area contributed by atoms with Crippen LogP contribution in [0.1, 0.15) is 12.0 Å². The van der Waals surface area contributed by atoms with E-state index in [1.807, 2.05) is 13.0 Å². The molecule has 0 aliphatic carbocycles. The van der Waals surface area contributed by atoms with Crippen molar-refractivity contribution in [3.8, 4) is 0 Å². The Morgan fingerprint density at radius 3 is 2.83 bits per heavy atom. The van der Waals surface area contributed by atoms with Crippen LogP contribution in [0.4, 0.5) is 15.8 Å². The maximum atomic E-state index is 13.7. The van der Waals surface area contributed by atoms with Crippen LogP contribution < -0.4 is 5.32 Å². The number of aliphatic imine (C=N–C) groups is 1. The number of hydrogen-bond donors (Lipinski definition) is 1. The van der Waals surface area contributed by atoms with Crippen molar-refractivity contribution in [2.75, 3.05) is 11.9 Å². The van der Waals surface area contributed by atoms with Crippen LogP contribution in [0.3, 0.4) is 0 Å². The van der Waals surface area contributed by atoms with Crippen molar-refractivity contribution in [1.82, 2.24) is 4.90 Å². The average molecular weight is 432 g/mol. The molecule has 150 valence electrons. The molecule has 1 aliphatic rings. The Morgan fingerprint density at radius 2 is 2.10 bits per heavy atom. The van der Waals surface area contributed by atoms with E-state index in [4.69, 9.17) is 11.6 Å². The second kappa shape index (κ2) is 9.24. The second-order valence-corrected chi connectivity index (χ2v) is 7.93. The van der Waals surface area contributed by atoms with Gasteiger partial charge in [-0.1, -0.05) is 47.6 Å². The first-order valence-corrected chi connectivity index (χ1v) is 10.1. The number of nitrogens with one attached hydrogen (secondary N) is 1. The highest BCUT2D eigenvalue weighted by Crippen LogP contribution is 2.34. The lowest BCUT2D eigenvalue weighted by Crippen LogP contribution is -2.33. The van der Waals surface area contributed by atoms with Gasteiger partial charge in [0.2, 0.25) is 11.8 Å². The lowest BCUT2D eigenvalue weighted by molar-refractivity contribution is -0.127. The molecule has 0 saturated carbocycles. The highest BCUT2D eigenvalue weighted by molar-refractivity contribution is 8.15. The van der Waals surface area contributed by atoms with Crippen molar-refractivity contribution in [2.45, 2.75) is 18.6 Å². The Labute approximate surface area is 177 Å². The molecule has 29 heavy (non-hydrogen) atoms. The molecule has 0 aromatic heterocycles. The summed E-state index contributed by atoms with van der Waals surface area (Å²) in [5.41, 5.74) is 1.53. The molecule has 0 unspecified atom stereocenters. The molecule has 1 N–H and O–H groups in total. The normalized spacial score (nSPS) is 17.6. The third-order valence-corrected chi connectivity index (χ3v) is 5.89. The van der Waals surface area contributed by atoms with Gasteiger partial charge in [0.15, 0.2) is 5.17 Å². The molecule has 0 radical (unpaired) electrons. The zero-order valence-electron chi connectivity index (χ0n) is 15.7. The summed E-state index contributed by atoms with van der Waals surface area (Å²) in [7, 11) is 0. The Hall–Kier alpha value is -2.64. The van der Waals surface area contributed by atoms with Crippen molar-refractivity contribution in [1.29, 1.82) is 0 Å². The smallest absolute Gasteiger partial charge is 0.242 e. The molecule has 5 nitrogen and oxygen atoms in total. The van der Waals surface area contributed by atoms with Crippen LogP contribution >= 0.6 is 23.4 Å². The van der Waals surface area contributed by atoms with Crippen molar-refractivity contribution in [3.63, 3.8) is 0 Å². The van der Waals surface area contributed by atoms with E-state index in [0.29, 0.717) is 15.9 Å². The summed E-state index contributed by atoms with van der Waals surface area (Å²) in [5, 5.41) is 2.91. The first kappa shape index (κ1) is 21.1. The van der Waals surface area contributed by atoms with Crippen molar-refractivity contribution in [3.05, 3.63) is 71.5 Å². The fourth-order valence-electron chi connectivity index (χ4n) is 2.77. The van der Waals surface area contributed by atoms with Crippen molar-refractivity contribution in [2.24, 2.45) is 4.99 Å². The van der Waals surface area contributed by atoms with Crippen LogP contribution in [0, 0.1) is 12.7 Å². The number of para-hydroxylation sites is 1. The Morgan fingerprint density at radius 1 is 1.34 bits per heavy atom. The summed E-state index contributed by atoms with van der Waals surface area (Å²) in [4.78, 5) is 31.2. The van der Waals surface area contributed by atoms with Gasteiger partial charge in [-0.3, -0.25) is 14.5 Å². The fraction of sp³-hybridized carbons (Fsp3) is 0.190.